The Balaban J connectivity index is 2.95. The van der Waals surface area contributed by atoms with E-state index in [2.05, 4.69) is 4.84 Å². The maximum absolute atomic E-state index is 13.6. The number of hydrogen-bond donors (Lipinski definition) is 0. The van der Waals surface area contributed by atoms with Gasteiger partial charge in [-0.1, -0.05) is 16.6 Å². The molecule has 0 amide bonds. The first-order valence-corrected chi connectivity index (χ1v) is 5.15. The van der Waals surface area contributed by atoms with Gasteiger partial charge in [0.2, 0.25) is 0 Å². The van der Waals surface area contributed by atoms with E-state index in [1.54, 1.807) is 20.8 Å². The lowest BCUT2D eigenvalue weighted by atomic mass is 9.98. The van der Waals surface area contributed by atoms with Crippen molar-refractivity contribution in [2.75, 3.05) is 5.29 Å². The van der Waals surface area contributed by atoms with Crippen molar-refractivity contribution in [2.24, 2.45) is 5.41 Å². The molecule has 0 spiro atoms. The normalized spacial score (nSPS) is 10.9. The Morgan fingerprint density at radius 3 is 2.44 bits per heavy atom. The van der Waals surface area contributed by atoms with Crippen LogP contribution in [-0.4, -0.2) is 10.9 Å². The molecule has 7 heteroatoms. The standard InChI is InChI=1S/C11H13FN2O4/c1-11(2,3)10(15)18-13(12)8-6-4-5-7-9(8)14(16)17/h4-7H,1-3H3. The second-order valence-electron chi connectivity index (χ2n) is 4.62. The molecular weight excluding hydrogens is 243 g/mol. The highest BCUT2D eigenvalue weighted by Crippen LogP contribution is 2.29. The summed E-state index contributed by atoms with van der Waals surface area (Å²) in [4.78, 5) is 25.8. The summed E-state index contributed by atoms with van der Waals surface area (Å²) in [5, 5.41) is 10.3. The molecule has 0 aliphatic rings. The third kappa shape index (κ3) is 3.16. The van der Waals surface area contributed by atoms with Gasteiger partial charge < -0.3 is 4.84 Å². The zero-order valence-electron chi connectivity index (χ0n) is 10.2. The highest BCUT2D eigenvalue weighted by atomic mass is 19.2. The van der Waals surface area contributed by atoms with Gasteiger partial charge in [-0.25, -0.2) is 4.79 Å². The minimum atomic E-state index is -0.909. The van der Waals surface area contributed by atoms with Gasteiger partial charge in [-0.05, 0) is 32.1 Å². The van der Waals surface area contributed by atoms with Gasteiger partial charge in [0.15, 0.2) is 5.69 Å². The monoisotopic (exact) mass is 256 g/mol. The first kappa shape index (κ1) is 13.9. The van der Waals surface area contributed by atoms with Crippen molar-refractivity contribution in [2.45, 2.75) is 20.8 Å². The summed E-state index contributed by atoms with van der Waals surface area (Å²) in [6, 6.07) is 5.06. The molecule has 0 N–H and O–H groups in total. The topological polar surface area (TPSA) is 72.7 Å². The molecule has 1 aromatic rings. The Hall–Kier alpha value is -2.18. The van der Waals surface area contributed by atoms with E-state index < -0.39 is 27.7 Å². The third-order valence-corrected chi connectivity index (χ3v) is 2.04. The Kier molecular flexibility index (Phi) is 3.85. The van der Waals surface area contributed by atoms with Gasteiger partial charge in [-0.2, -0.15) is 0 Å². The van der Waals surface area contributed by atoms with Crippen molar-refractivity contribution < 1.29 is 19.0 Å². The summed E-state index contributed by atoms with van der Waals surface area (Å²) >= 11 is 0. The molecule has 0 aliphatic carbocycles. The Labute approximate surface area is 103 Å². The van der Waals surface area contributed by atoms with E-state index in [4.69, 9.17) is 0 Å². The molecule has 0 saturated heterocycles. The van der Waals surface area contributed by atoms with Crippen molar-refractivity contribution in [3.63, 3.8) is 0 Å². The maximum atomic E-state index is 13.6. The minimum Gasteiger partial charge on any atom is -0.310 e. The highest BCUT2D eigenvalue weighted by Gasteiger charge is 2.29. The molecule has 6 nitrogen and oxygen atoms in total. The van der Waals surface area contributed by atoms with Gasteiger partial charge in [0.05, 0.1) is 10.3 Å². The van der Waals surface area contributed by atoms with Crippen LogP contribution in [0.5, 0.6) is 0 Å². The maximum Gasteiger partial charge on any atom is 0.341 e. The number of anilines is 1. The largest absolute Gasteiger partial charge is 0.341 e. The molecule has 0 heterocycles. The quantitative estimate of drug-likeness (QED) is 0.472. The third-order valence-electron chi connectivity index (χ3n) is 2.04. The number of nitrogens with zero attached hydrogens (tertiary/aromatic N) is 2. The zero-order chi connectivity index (χ0) is 13.9. The smallest absolute Gasteiger partial charge is 0.310 e. The molecule has 0 bridgehead atoms. The van der Waals surface area contributed by atoms with E-state index >= 15 is 0 Å². The molecule has 0 aromatic heterocycles. The first-order chi connectivity index (χ1) is 8.23. The summed E-state index contributed by atoms with van der Waals surface area (Å²) in [5.41, 5.74) is -1.82. The van der Waals surface area contributed by atoms with Gasteiger partial charge in [0, 0.05) is 6.07 Å². The van der Waals surface area contributed by atoms with Crippen molar-refractivity contribution in [3.8, 4) is 0 Å². The number of hydrogen-bond acceptors (Lipinski definition) is 5. The zero-order valence-corrected chi connectivity index (χ0v) is 10.2. The van der Waals surface area contributed by atoms with Crippen LogP contribution in [0.1, 0.15) is 20.8 Å². The number of nitro benzene ring substituents is 1. The van der Waals surface area contributed by atoms with Crippen LogP contribution in [0, 0.1) is 15.5 Å². The lowest BCUT2D eigenvalue weighted by Crippen LogP contribution is -2.29. The summed E-state index contributed by atoms with van der Waals surface area (Å²) in [6.07, 6.45) is 0. The van der Waals surface area contributed by atoms with Crippen molar-refractivity contribution in [1.29, 1.82) is 0 Å². The van der Waals surface area contributed by atoms with Gasteiger partial charge in [0.1, 0.15) is 0 Å². The number of halogens is 1. The fraction of sp³-hybridized carbons (Fsp3) is 0.364. The fourth-order valence-electron chi connectivity index (χ4n) is 1.03. The lowest BCUT2D eigenvalue weighted by molar-refractivity contribution is -0.384. The van der Waals surface area contributed by atoms with E-state index in [-0.39, 0.29) is 5.29 Å². The molecule has 1 rings (SSSR count). The van der Waals surface area contributed by atoms with E-state index in [9.17, 15) is 19.4 Å². The van der Waals surface area contributed by atoms with Crippen molar-refractivity contribution >= 4 is 17.3 Å². The molecule has 0 aliphatic heterocycles. The van der Waals surface area contributed by atoms with Crippen LogP contribution in [-0.2, 0) is 9.63 Å². The van der Waals surface area contributed by atoms with Gasteiger partial charge >= 0.3 is 5.97 Å². The van der Waals surface area contributed by atoms with Crippen molar-refractivity contribution in [1.82, 2.24) is 0 Å². The highest BCUT2D eigenvalue weighted by molar-refractivity contribution is 5.76. The molecule has 0 saturated carbocycles. The lowest BCUT2D eigenvalue weighted by Gasteiger charge is -2.19. The number of carbonyl (C=O) groups excluding carboxylic acids is 1. The Morgan fingerprint density at radius 2 is 1.94 bits per heavy atom. The van der Waals surface area contributed by atoms with Crippen LogP contribution in [0.2, 0.25) is 0 Å². The number of para-hydroxylation sites is 2. The number of benzene rings is 1. The van der Waals surface area contributed by atoms with Crippen LogP contribution in [0.15, 0.2) is 24.3 Å². The summed E-state index contributed by atoms with van der Waals surface area (Å²) in [6.45, 7) is 4.63. The molecule has 18 heavy (non-hydrogen) atoms. The number of nitro groups is 1. The SMILES string of the molecule is CC(C)(C)C(=O)ON(F)c1ccccc1[N+](=O)[O-]. The van der Waals surface area contributed by atoms with E-state index in [1.165, 1.54) is 12.1 Å². The predicted octanol–water partition coefficient (Wildman–Crippen LogP) is 2.79. The Morgan fingerprint density at radius 1 is 1.39 bits per heavy atom. The van der Waals surface area contributed by atoms with Crippen molar-refractivity contribution in [3.05, 3.63) is 34.4 Å². The van der Waals surface area contributed by atoms with Crippen LogP contribution in [0.25, 0.3) is 0 Å². The molecule has 0 atom stereocenters. The first-order valence-electron chi connectivity index (χ1n) is 5.15. The Bertz CT molecular complexity index is 470. The minimum absolute atomic E-state index is 0.383. The summed E-state index contributed by atoms with van der Waals surface area (Å²) < 4.78 is 13.6. The number of rotatable bonds is 3. The average molecular weight is 256 g/mol. The number of carbonyl (C=O) groups is 1. The van der Waals surface area contributed by atoms with Gasteiger partial charge in [-0.3, -0.25) is 10.1 Å². The molecule has 0 radical (unpaired) electrons. The molecule has 0 unspecified atom stereocenters. The van der Waals surface area contributed by atoms with Crippen LogP contribution >= 0.6 is 0 Å². The fourth-order valence-corrected chi connectivity index (χ4v) is 1.03. The van der Waals surface area contributed by atoms with Gasteiger partial charge in [0.25, 0.3) is 5.69 Å². The van der Waals surface area contributed by atoms with E-state index in [0.29, 0.717) is 0 Å². The predicted molar refractivity (Wildman–Crippen MR) is 62.2 cm³/mol. The van der Waals surface area contributed by atoms with Gasteiger partial charge in [-0.15, -0.1) is 0 Å². The van der Waals surface area contributed by atoms with E-state index in [0.717, 1.165) is 12.1 Å². The van der Waals surface area contributed by atoms with Crippen LogP contribution in [0.4, 0.5) is 15.9 Å². The summed E-state index contributed by atoms with van der Waals surface area (Å²) in [5.74, 6) is -0.830. The van der Waals surface area contributed by atoms with Crippen LogP contribution < -0.4 is 5.29 Å². The van der Waals surface area contributed by atoms with Crippen LogP contribution in [0.3, 0.4) is 0 Å². The summed E-state index contributed by atoms with van der Waals surface area (Å²) in [7, 11) is 0. The van der Waals surface area contributed by atoms with E-state index in [1.807, 2.05) is 0 Å². The molecule has 1 aromatic carbocycles. The average Bonchev–Trinajstić information content (AvgIpc) is 2.27. The molecular formula is C11H13FN2O4. The second-order valence-corrected chi connectivity index (χ2v) is 4.62. The second kappa shape index (κ2) is 4.99. The molecule has 0 fully saturated rings. The molecule has 98 valence electrons.